The number of morpholine rings is 1. The van der Waals surface area contributed by atoms with Crippen LogP contribution in [-0.4, -0.2) is 55.1 Å². The molecule has 1 fully saturated rings. The first-order chi connectivity index (χ1) is 16.7. The van der Waals surface area contributed by atoms with Gasteiger partial charge in [0.1, 0.15) is 12.4 Å². The van der Waals surface area contributed by atoms with Crippen LogP contribution in [0, 0.1) is 6.92 Å². The van der Waals surface area contributed by atoms with Crippen LogP contribution in [0.25, 0.3) is 0 Å². The van der Waals surface area contributed by atoms with Gasteiger partial charge in [-0.1, -0.05) is 60.2 Å². The second kappa shape index (κ2) is 12.4. The molecule has 1 aliphatic rings. The van der Waals surface area contributed by atoms with Crippen LogP contribution < -0.4 is 4.74 Å². The maximum absolute atomic E-state index is 13.3. The first-order valence-corrected chi connectivity index (χ1v) is 12.1. The van der Waals surface area contributed by atoms with E-state index in [0.717, 1.165) is 73.8 Å². The van der Waals surface area contributed by atoms with Gasteiger partial charge in [-0.05, 0) is 48.7 Å². The molecule has 1 heterocycles. The standard InChI is InChI=1S/C29H34N2O3/c1-24-8-12-27(13-9-24)29(32)31(17-5-16-30-18-20-33-21-19-30)22-25-10-14-28(15-11-25)34-23-26-6-3-2-4-7-26/h2-4,6-15H,5,16-23H2,1H3. The predicted octanol–water partition coefficient (Wildman–Crippen LogP) is 4.94. The lowest BCUT2D eigenvalue weighted by molar-refractivity contribution is 0.0355. The number of hydrogen-bond acceptors (Lipinski definition) is 4. The number of rotatable bonds is 10. The van der Waals surface area contributed by atoms with Crippen LogP contribution in [0.3, 0.4) is 0 Å². The normalized spacial score (nSPS) is 14.0. The Bertz CT molecular complexity index is 1010. The van der Waals surface area contributed by atoms with Crippen molar-refractivity contribution in [2.45, 2.75) is 26.5 Å². The van der Waals surface area contributed by atoms with Crippen LogP contribution in [0.4, 0.5) is 0 Å². The minimum Gasteiger partial charge on any atom is -0.489 e. The number of carbonyl (C=O) groups excluding carboxylic acids is 1. The van der Waals surface area contributed by atoms with E-state index in [1.165, 1.54) is 0 Å². The Kier molecular flexibility index (Phi) is 8.71. The van der Waals surface area contributed by atoms with Crippen LogP contribution in [-0.2, 0) is 17.9 Å². The van der Waals surface area contributed by atoms with Gasteiger partial charge in [0, 0.05) is 38.3 Å². The quantitative estimate of drug-likeness (QED) is 0.432. The molecule has 0 aliphatic carbocycles. The maximum atomic E-state index is 13.3. The van der Waals surface area contributed by atoms with Crippen molar-refractivity contribution >= 4 is 5.91 Å². The molecule has 4 rings (SSSR count). The molecule has 34 heavy (non-hydrogen) atoms. The molecule has 178 valence electrons. The van der Waals surface area contributed by atoms with Gasteiger partial charge in [0.25, 0.3) is 5.91 Å². The Labute approximate surface area is 202 Å². The van der Waals surface area contributed by atoms with Gasteiger partial charge in [-0.3, -0.25) is 9.69 Å². The van der Waals surface area contributed by atoms with Gasteiger partial charge in [-0.2, -0.15) is 0 Å². The number of ether oxygens (including phenoxy) is 2. The summed E-state index contributed by atoms with van der Waals surface area (Å²) in [6, 6.07) is 26.1. The molecule has 0 radical (unpaired) electrons. The van der Waals surface area contributed by atoms with Crippen molar-refractivity contribution < 1.29 is 14.3 Å². The van der Waals surface area contributed by atoms with Gasteiger partial charge in [-0.15, -0.1) is 0 Å². The molecule has 5 heteroatoms. The first kappa shape index (κ1) is 24.0. The molecule has 0 aromatic heterocycles. The second-order valence-corrected chi connectivity index (χ2v) is 8.82. The number of amides is 1. The molecule has 1 aliphatic heterocycles. The zero-order valence-electron chi connectivity index (χ0n) is 20.0. The third-order valence-corrected chi connectivity index (χ3v) is 6.14. The third-order valence-electron chi connectivity index (χ3n) is 6.14. The highest BCUT2D eigenvalue weighted by molar-refractivity contribution is 5.94. The minimum atomic E-state index is 0.0754. The molecule has 0 atom stereocenters. The number of aryl methyl sites for hydroxylation is 1. The topological polar surface area (TPSA) is 42.0 Å². The fourth-order valence-electron chi connectivity index (χ4n) is 4.09. The Morgan fingerprint density at radius 2 is 1.62 bits per heavy atom. The molecule has 0 spiro atoms. The van der Waals surface area contributed by atoms with Crippen molar-refractivity contribution in [3.05, 3.63) is 101 Å². The van der Waals surface area contributed by atoms with Crippen molar-refractivity contribution in [1.29, 1.82) is 0 Å². The molecule has 0 N–H and O–H groups in total. The zero-order valence-corrected chi connectivity index (χ0v) is 20.0. The van der Waals surface area contributed by atoms with Gasteiger partial charge in [0.15, 0.2) is 0 Å². The van der Waals surface area contributed by atoms with Gasteiger partial charge in [0.05, 0.1) is 13.2 Å². The van der Waals surface area contributed by atoms with Gasteiger partial charge >= 0.3 is 0 Å². The maximum Gasteiger partial charge on any atom is 0.254 e. The van der Waals surface area contributed by atoms with E-state index in [1.54, 1.807) is 0 Å². The summed E-state index contributed by atoms with van der Waals surface area (Å²) in [5, 5.41) is 0. The summed E-state index contributed by atoms with van der Waals surface area (Å²) in [6.45, 7) is 8.38. The van der Waals surface area contributed by atoms with Crippen LogP contribution in [0.5, 0.6) is 5.75 Å². The van der Waals surface area contributed by atoms with E-state index < -0.39 is 0 Å². The minimum absolute atomic E-state index is 0.0754. The fraction of sp³-hybridized carbons (Fsp3) is 0.345. The van der Waals surface area contributed by atoms with Gasteiger partial charge < -0.3 is 14.4 Å². The molecule has 3 aromatic rings. The molecule has 5 nitrogen and oxygen atoms in total. The highest BCUT2D eigenvalue weighted by Crippen LogP contribution is 2.17. The van der Waals surface area contributed by atoms with Gasteiger partial charge in [0.2, 0.25) is 0 Å². The summed E-state index contributed by atoms with van der Waals surface area (Å²) in [4.78, 5) is 17.7. The Morgan fingerprint density at radius 1 is 0.912 bits per heavy atom. The van der Waals surface area contributed by atoms with Crippen molar-refractivity contribution in [1.82, 2.24) is 9.80 Å². The Hall–Kier alpha value is -3.15. The number of carbonyl (C=O) groups is 1. The molecule has 0 unspecified atom stereocenters. The monoisotopic (exact) mass is 458 g/mol. The van der Waals surface area contributed by atoms with E-state index in [0.29, 0.717) is 13.2 Å². The summed E-state index contributed by atoms with van der Waals surface area (Å²) in [5.74, 6) is 0.905. The number of hydrogen-bond donors (Lipinski definition) is 0. The zero-order chi connectivity index (χ0) is 23.6. The lowest BCUT2D eigenvalue weighted by atomic mass is 10.1. The summed E-state index contributed by atoms with van der Waals surface area (Å²) >= 11 is 0. The van der Waals surface area contributed by atoms with E-state index >= 15 is 0 Å². The Morgan fingerprint density at radius 3 is 2.32 bits per heavy atom. The largest absolute Gasteiger partial charge is 0.489 e. The summed E-state index contributed by atoms with van der Waals surface area (Å²) in [5.41, 5.74) is 4.13. The van der Waals surface area contributed by atoms with Crippen LogP contribution in [0.2, 0.25) is 0 Å². The molecule has 1 amide bonds. The molecule has 3 aromatic carbocycles. The van der Waals surface area contributed by atoms with E-state index in [4.69, 9.17) is 9.47 Å². The third kappa shape index (κ3) is 7.17. The molecular weight excluding hydrogens is 424 g/mol. The average Bonchev–Trinajstić information content (AvgIpc) is 2.89. The lowest BCUT2D eigenvalue weighted by Gasteiger charge is -2.28. The van der Waals surface area contributed by atoms with Gasteiger partial charge in [-0.25, -0.2) is 0 Å². The van der Waals surface area contributed by atoms with E-state index in [9.17, 15) is 4.79 Å². The predicted molar refractivity (Wildman–Crippen MR) is 135 cm³/mol. The van der Waals surface area contributed by atoms with E-state index in [2.05, 4.69) is 29.2 Å². The SMILES string of the molecule is Cc1ccc(C(=O)N(CCCN2CCOCC2)Cc2ccc(OCc3ccccc3)cc2)cc1. The number of benzene rings is 3. The summed E-state index contributed by atoms with van der Waals surface area (Å²) in [7, 11) is 0. The van der Waals surface area contributed by atoms with Crippen molar-refractivity contribution in [3.63, 3.8) is 0 Å². The molecule has 1 saturated heterocycles. The van der Waals surface area contributed by atoms with Crippen molar-refractivity contribution in [2.24, 2.45) is 0 Å². The van der Waals surface area contributed by atoms with Crippen LogP contribution >= 0.6 is 0 Å². The van der Waals surface area contributed by atoms with Crippen LogP contribution in [0.1, 0.15) is 33.5 Å². The molecule has 0 bridgehead atoms. The molecule has 0 saturated carbocycles. The highest BCUT2D eigenvalue weighted by atomic mass is 16.5. The summed E-state index contributed by atoms with van der Waals surface area (Å²) in [6.07, 6.45) is 0.940. The number of nitrogens with zero attached hydrogens (tertiary/aromatic N) is 2. The lowest BCUT2D eigenvalue weighted by Crippen LogP contribution is -2.39. The fourth-order valence-corrected chi connectivity index (χ4v) is 4.09. The van der Waals surface area contributed by atoms with Crippen molar-refractivity contribution in [3.8, 4) is 5.75 Å². The van der Waals surface area contributed by atoms with Crippen LogP contribution in [0.15, 0.2) is 78.9 Å². The molecular formula is C29H34N2O3. The van der Waals surface area contributed by atoms with E-state index in [1.807, 2.05) is 66.4 Å². The summed E-state index contributed by atoms with van der Waals surface area (Å²) < 4.78 is 11.4. The second-order valence-electron chi connectivity index (χ2n) is 8.82. The van der Waals surface area contributed by atoms with Crippen molar-refractivity contribution in [2.75, 3.05) is 39.4 Å². The smallest absolute Gasteiger partial charge is 0.254 e. The highest BCUT2D eigenvalue weighted by Gasteiger charge is 2.17. The average molecular weight is 459 g/mol. The first-order valence-electron chi connectivity index (χ1n) is 12.1. The Balaban J connectivity index is 1.38. The van der Waals surface area contributed by atoms with E-state index in [-0.39, 0.29) is 5.91 Å².